The number of carboxylic acid groups (broad SMARTS) is 1. The van der Waals surface area contributed by atoms with Crippen molar-refractivity contribution < 1.29 is 27.8 Å². The quantitative estimate of drug-likeness (QED) is 0.488. The highest BCUT2D eigenvalue weighted by atomic mass is 32.2. The lowest BCUT2D eigenvalue weighted by molar-refractivity contribution is -0.142. The largest absolute Gasteiger partial charge is 0.480 e. The van der Waals surface area contributed by atoms with E-state index in [1.807, 2.05) is 0 Å². The van der Waals surface area contributed by atoms with Crippen molar-refractivity contribution in [2.45, 2.75) is 6.92 Å². The summed E-state index contributed by atoms with van der Waals surface area (Å²) in [4.78, 5) is 10.1. The van der Waals surface area contributed by atoms with Crippen molar-refractivity contribution in [3.8, 4) is 0 Å². The lowest BCUT2D eigenvalue weighted by Crippen LogP contribution is -2.31. The van der Waals surface area contributed by atoms with Gasteiger partial charge < -0.3 is 14.6 Å². The average molecular weight is 255 g/mol. The molecule has 0 aromatic carbocycles. The van der Waals surface area contributed by atoms with Crippen molar-refractivity contribution in [2.24, 2.45) is 0 Å². The van der Waals surface area contributed by atoms with Crippen molar-refractivity contribution >= 4 is 16.0 Å². The van der Waals surface area contributed by atoms with E-state index >= 15 is 0 Å². The summed E-state index contributed by atoms with van der Waals surface area (Å²) in [5.41, 5.74) is 0. The normalized spacial score (nSPS) is 11.6. The maximum Gasteiger partial charge on any atom is 0.329 e. The zero-order valence-corrected chi connectivity index (χ0v) is 9.96. The molecule has 0 spiro atoms. The monoisotopic (exact) mass is 255 g/mol. The van der Waals surface area contributed by atoms with E-state index < -0.39 is 22.6 Å². The number of sulfonamides is 1. The van der Waals surface area contributed by atoms with Crippen LogP contribution in [0.4, 0.5) is 0 Å². The Kier molecular flexibility index (Phi) is 8.08. The van der Waals surface area contributed by atoms with Crippen LogP contribution in [0.15, 0.2) is 0 Å². The fourth-order valence-electron chi connectivity index (χ4n) is 0.814. The standard InChI is InChI=1S/C8H17NO6S/c1-2-14-5-6-16(12,13)9-3-4-15-7-8(10)11/h9H,2-7H2,1H3,(H,10,11). The molecule has 0 aromatic heterocycles. The molecule has 0 aromatic rings. The average Bonchev–Trinajstić information content (AvgIpc) is 2.16. The number of hydrogen-bond donors (Lipinski definition) is 2. The van der Waals surface area contributed by atoms with Crippen LogP contribution in [0, 0.1) is 0 Å². The summed E-state index contributed by atoms with van der Waals surface area (Å²) in [6.07, 6.45) is 0. The molecular weight excluding hydrogens is 238 g/mol. The molecule has 0 aliphatic carbocycles. The molecule has 0 unspecified atom stereocenters. The first-order valence-corrected chi connectivity index (χ1v) is 6.48. The van der Waals surface area contributed by atoms with Gasteiger partial charge in [0.15, 0.2) is 0 Å². The molecule has 0 aliphatic rings. The number of ether oxygens (including phenoxy) is 2. The Morgan fingerprint density at radius 1 is 1.31 bits per heavy atom. The lowest BCUT2D eigenvalue weighted by atomic mass is 10.7. The summed E-state index contributed by atoms with van der Waals surface area (Å²) < 4.78 is 34.3. The van der Waals surface area contributed by atoms with Gasteiger partial charge in [0.05, 0.1) is 19.0 Å². The van der Waals surface area contributed by atoms with E-state index in [9.17, 15) is 13.2 Å². The first-order chi connectivity index (χ1) is 7.48. The number of carbonyl (C=O) groups is 1. The predicted octanol–water partition coefficient (Wildman–Crippen LogP) is -0.956. The van der Waals surface area contributed by atoms with Crippen LogP contribution in [0.1, 0.15) is 6.92 Å². The molecule has 0 bridgehead atoms. The topological polar surface area (TPSA) is 102 Å². The molecular formula is C8H17NO6S. The summed E-state index contributed by atoms with van der Waals surface area (Å²) in [7, 11) is -3.36. The number of nitrogens with one attached hydrogen (secondary N) is 1. The Balaban J connectivity index is 3.54. The van der Waals surface area contributed by atoms with Crippen LogP contribution in [0.25, 0.3) is 0 Å². The highest BCUT2D eigenvalue weighted by Crippen LogP contribution is 1.85. The van der Waals surface area contributed by atoms with Gasteiger partial charge in [0.2, 0.25) is 10.0 Å². The van der Waals surface area contributed by atoms with Crippen molar-refractivity contribution in [3.63, 3.8) is 0 Å². The van der Waals surface area contributed by atoms with Crippen molar-refractivity contribution in [2.75, 3.05) is 38.7 Å². The van der Waals surface area contributed by atoms with E-state index in [-0.39, 0.29) is 25.5 Å². The van der Waals surface area contributed by atoms with E-state index in [4.69, 9.17) is 9.84 Å². The van der Waals surface area contributed by atoms with E-state index in [0.29, 0.717) is 6.61 Å². The van der Waals surface area contributed by atoms with E-state index in [0.717, 1.165) is 0 Å². The van der Waals surface area contributed by atoms with Gasteiger partial charge in [-0.2, -0.15) is 0 Å². The maximum atomic E-state index is 11.2. The van der Waals surface area contributed by atoms with Crippen LogP contribution >= 0.6 is 0 Å². The Morgan fingerprint density at radius 2 is 2.00 bits per heavy atom. The molecule has 0 amide bonds. The number of carboxylic acids is 1. The molecule has 16 heavy (non-hydrogen) atoms. The lowest BCUT2D eigenvalue weighted by Gasteiger charge is -2.06. The highest BCUT2D eigenvalue weighted by Gasteiger charge is 2.08. The first kappa shape index (κ1) is 15.3. The van der Waals surface area contributed by atoms with Gasteiger partial charge in [-0.05, 0) is 6.92 Å². The summed E-state index contributed by atoms with van der Waals surface area (Å²) >= 11 is 0. The van der Waals surface area contributed by atoms with Gasteiger partial charge >= 0.3 is 5.97 Å². The van der Waals surface area contributed by atoms with E-state index in [1.54, 1.807) is 6.92 Å². The smallest absolute Gasteiger partial charge is 0.329 e. The van der Waals surface area contributed by atoms with Crippen molar-refractivity contribution in [1.29, 1.82) is 0 Å². The molecule has 96 valence electrons. The molecule has 0 rings (SSSR count). The molecule has 7 nitrogen and oxygen atoms in total. The molecule has 0 fully saturated rings. The van der Waals surface area contributed by atoms with Gasteiger partial charge in [0.1, 0.15) is 6.61 Å². The third-order valence-corrected chi connectivity index (χ3v) is 2.84. The second-order valence-electron chi connectivity index (χ2n) is 2.86. The molecule has 8 heteroatoms. The van der Waals surface area contributed by atoms with E-state index in [1.165, 1.54) is 0 Å². The van der Waals surface area contributed by atoms with Crippen LogP contribution in [-0.2, 0) is 24.3 Å². The molecule has 0 heterocycles. The zero-order chi connectivity index (χ0) is 12.4. The minimum atomic E-state index is -3.36. The number of aliphatic carboxylic acids is 1. The Bertz CT molecular complexity index is 289. The van der Waals surface area contributed by atoms with Gasteiger partial charge in [-0.1, -0.05) is 0 Å². The van der Waals surface area contributed by atoms with Gasteiger partial charge in [-0.15, -0.1) is 0 Å². The third-order valence-electron chi connectivity index (χ3n) is 1.49. The second-order valence-corrected chi connectivity index (χ2v) is 4.78. The van der Waals surface area contributed by atoms with Crippen LogP contribution in [0.2, 0.25) is 0 Å². The Morgan fingerprint density at radius 3 is 2.56 bits per heavy atom. The van der Waals surface area contributed by atoms with E-state index in [2.05, 4.69) is 9.46 Å². The van der Waals surface area contributed by atoms with Crippen molar-refractivity contribution in [3.05, 3.63) is 0 Å². The molecule has 0 saturated heterocycles. The Labute approximate surface area is 94.8 Å². The molecule has 0 atom stereocenters. The zero-order valence-electron chi connectivity index (χ0n) is 9.14. The summed E-state index contributed by atoms with van der Waals surface area (Å²) in [5.74, 6) is -1.20. The fraction of sp³-hybridized carbons (Fsp3) is 0.875. The third kappa shape index (κ3) is 9.84. The number of rotatable bonds is 10. The summed E-state index contributed by atoms with van der Waals surface area (Å²) in [6, 6.07) is 0. The van der Waals surface area contributed by atoms with Crippen LogP contribution in [0.3, 0.4) is 0 Å². The molecule has 0 saturated carbocycles. The Hall–Kier alpha value is -0.700. The van der Waals surface area contributed by atoms with Gasteiger partial charge in [-0.3, -0.25) is 0 Å². The van der Waals surface area contributed by atoms with Crippen LogP contribution in [0.5, 0.6) is 0 Å². The minimum Gasteiger partial charge on any atom is -0.480 e. The molecule has 0 aliphatic heterocycles. The SMILES string of the molecule is CCOCCS(=O)(=O)NCCOCC(=O)O. The highest BCUT2D eigenvalue weighted by molar-refractivity contribution is 7.89. The van der Waals surface area contributed by atoms with Gasteiger partial charge in [-0.25, -0.2) is 17.9 Å². The summed E-state index contributed by atoms with van der Waals surface area (Å²) in [6.45, 7) is 2.04. The summed E-state index contributed by atoms with van der Waals surface area (Å²) in [5, 5.41) is 8.24. The maximum absolute atomic E-state index is 11.2. The van der Waals surface area contributed by atoms with Gasteiger partial charge in [0, 0.05) is 13.2 Å². The molecule has 2 N–H and O–H groups in total. The fourth-order valence-corrected chi connectivity index (χ4v) is 1.69. The van der Waals surface area contributed by atoms with Crippen LogP contribution in [-0.4, -0.2) is 58.2 Å². The molecule has 0 radical (unpaired) electrons. The van der Waals surface area contributed by atoms with Crippen molar-refractivity contribution in [1.82, 2.24) is 4.72 Å². The minimum absolute atomic E-state index is 0.0279. The van der Waals surface area contributed by atoms with Gasteiger partial charge in [0.25, 0.3) is 0 Å². The second kappa shape index (κ2) is 8.45. The van der Waals surface area contributed by atoms with Crippen LogP contribution < -0.4 is 4.72 Å². The first-order valence-electron chi connectivity index (χ1n) is 4.82. The number of hydrogen-bond acceptors (Lipinski definition) is 5. The predicted molar refractivity (Wildman–Crippen MR) is 56.7 cm³/mol.